The molecule has 0 aliphatic carbocycles. The van der Waals surface area contributed by atoms with Crippen molar-refractivity contribution in [2.45, 2.75) is 6.92 Å². The number of halogens is 1. The van der Waals surface area contributed by atoms with Crippen molar-refractivity contribution in [2.24, 2.45) is 0 Å². The maximum absolute atomic E-state index is 11.9. The van der Waals surface area contributed by atoms with Crippen molar-refractivity contribution < 1.29 is 4.79 Å². The highest BCUT2D eigenvalue weighted by Crippen LogP contribution is 2.15. The minimum Gasteiger partial charge on any atom is -0.322 e. The first kappa shape index (κ1) is 11.6. The van der Waals surface area contributed by atoms with Crippen molar-refractivity contribution in [1.82, 2.24) is 4.98 Å². The molecule has 17 heavy (non-hydrogen) atoms. The van der Waals surface area contributed by atoms with Gasteiger partial charge >= 0.3 is 0 Å². The second-order valence-corrected chi connectivity index (χ2v) is 4.09. The molecule has 0 bridgehead atoms. The largest absolute Gasteiger partial charge is 0.322 e. The van der Waals surface area contributed by atoms with E-state index in [1.807, 2.05) is 6.92 Å². The van der Waals surface area contributed by atoms with Crippen molar-refractivity contribution in [3.05, 3.63) is 58.9 Å². The van der Waals surface area contributed by atoms with Gasteiger partial charge in [0.2, 0.25) is 0 Å². The predicted molar refractivity (Wildman–Crippen MR) is 68.4 cm³/mol. The maximum Gasteiger partial charge on any atom is 0.256 e. The van der Waals surface area contributed by atoms with E-state index in [1.165, 1.54) is 0 Å². The third kappa shape index (κ3) is 2.82. The van der Waals surface area contributed by atoms with Gasteiger partial charge in [0.25, 0.3) is 5.91 Å². The van der Waals surface area contributed by atoms with Crippen LogP contribution in [0.3, 0.4) is 0 Å². The Morgan fingerprint density at radius 3 is 2.59 bits per heavy atom. The van der Waals surface area contributed by atoms with E-state index in [2.05, 4.69) is 10.3 Å². The van der Waals surface area contributed by atoms with Gasteiger partial charge in [-0.1, -0.05) is 11.6 Å². The summed E-state index contributed by atoms with van der Waals surface area (Å²) in [5, 5.41) is 3.44. The summed E-state index contributed by atoms with van der Waals surface area (Å²) in [6, 6.07) is 8.68. The molecule has 0 saturated heterocycles. The minimum absolute atomic E-state index is 0.146. The summed E-state index contributed by atoms with van der Waals surface area (Å²) >= 11 is 5.77. The normalized spacial score (nSPS) is 10.0. The molecule has 3 nitrogen and oxygen atoms in total. The quantitative estimate of drug-likeness (QED) is 0.884. The van der Waals surface area contributed by atoms with Crippen molar-refractivity contribution in [3.8, 4) is 0 Å². The third-order valence-corrected chi connectivity index (χ3v) is 2.62. The first-order chi connectivity index (χ1) is 8.16. The number of aromatic nitrogens is 1. The van der Waals surface area contributed by atoms with Gasteiger partial charge in [-0.3, -0.25) is 9.78 Å². The highest BCUT2D eigenvalue weighted by Gasteiger charge is 2.08. The molecule has 1 heterocycles. The lowest BCUT2D eigenvalue weighted by Gasteiger charge is -2.06. The highest BCUT2D eigenvalue weighted by atomic mass is 35.5. The Morgan fingerprint density at radius 2 is 1.94 bits per heavy atom. The number of nitrogens with one attached hydrogen (secondary N) is 1. The summed E-state index contributed by atoms with van der Waals surface area (Å²) in [5.74, 6) is -0.146. The molecule has 4 heteroatoms. The van der Waals surface area contributed by atoms with Gasteiger partial charge in [-0.05, 0) is 42.8 Å². The second-order valence-electron chi connectivity index (χ2n) is 3.65. The van der Waals surface area contributed by atoms with Crippen LogP contribution in [0, 0.1) is 6.92 Å². The van der Waals surface area contributed by atoms with E-state index in [-0.39, 0.29) is 5.91 Å². The summed E-state index contributed by atoms with van der Waals surface area (Å²) in [6.07, 6.45) is 3.26. The van der Waals surface area contributed by atoms with Gasteiger partial charge in [-0.2, -0.15) is 0 Å². The molecule has 2 aromatic rings. The van der Waals surface area contributed by atoms with Crippen LogP contribution in [0.5, 0.6) is 0 Å². The fourth-order valence-corrected chi connectivity index (χ4v) is 1.59. The van der Waals surface area contributed by atoms with E-state index < -0.39 is 0 Å². The molecule has 0 saturated carbocycles. The molecule has 0 radical (unpaired) electrons. The number of carbonyl (C=O) groups is 1. The van der Waals surface area contributed by atoms with Crippen LogP contribution in [0.25, 0.3) is 0 Å². The van der Waals surface area contributed by atoms with E-state index in [0.29, 0.717) is 10.6 Å². The minimum atomic E-state index is -0.146. The third-order valence-electron chi connectivity index (χ3n) is 2.37. The van der Waals surface area contributed by atoms with Crippen molar-refractivity contribution in [1.29, 1.82) is 0 Å². The number of rotatable bonds is 2. The number of hydrogen-bond acceptors (Lipinski definition) is 2. The molecule has 1 N–H and O–H groups in total. The van der Waals surface area contributed by atoms with Crippen LogP contribution in [-0.4, -0.2) is 10.9 Å². The summed E-state index contributed by atoms with van der Waals surface area (Å²) in [6.45, 7) is 1.85. The van der Waals surface area contributed by atoms with Gasteiger partial charge in [0.15, 0.2) is 0 Å². The average Bonchev–Trinajstić information content (AvgIpc) is 2.32. The molecule has 0 unspecified atom stereocenters. The number of nitrogens with zero attached hydrogens (tertiary/aromatic N) is 1. The Morgan fingerprint density at radius 1 is 1.24 bits per heavy atom. The Hall–Kier alpha value is -1.87. The van der Waals surface area contributed by atoms with Crippen molar-refractivity contribution in [2.75, 3.05) is 5.32 Å². The Labute approximate surface area is 104 Å². The fraction of sp³-hybridized carbons (Fsp3) is 0.0769. The van der Waals surface area contributed by atoms with E-state index in [9.17, 15) is 4.79 Å². The number of amides is 1. The Balaban J connectivity index is 2.17. The maximum atomic E-state index is 11.9. The van der Waals surface area contributed by atoms with Crippen LogP contribution in [0.1, 0.15) is 15.9 Å². The zero-order chi connectivity index (χ0) is 12.3. The smallest absolute Gasteiger partial charge is 0.256 e. The van der Waals surface area contributed by atoms with E-state index in [0.717, 1.165) is 11.3 Å². The molecule has 0 fully saturated rings. The molecule has 86 valence electrons. The molecule has 1 amide bonds. The monoisotopic (exact) mass is 246 g/mol. The number of anilines is 1. The van der Waals surface area contributed by atoms with E-state index in [1.54, 1.807) is 42.7 Å². The lowest BCUT2D eigenvalue weighted by molar-refractivity contribution is 0.102. The van der Waals surface area contributed by atoms with Crippen LogP contribution in [-0.2, 0) is 0 Å². The Kier molecular flexibility index (Phi) is 3.40. The van der Waals surface area contributed by atoms with Gasteiger partial charge in [-0.15, -0.1) is 0 Å². The van der Waals surface area contributed by atoms with Crippen LogP contribution < -0.4 is 5.32 Å². The zero-order valence-corrected chi connectivity index (χ0v) is 10.0. The standard InChI is InChI=1S/C13H11ClN2O/c1-9-8-15-7-6-12(9)13(17)16-11-4-2-10(14)3-5-11/h2-8H,1H3,(H,16,17). The SMILES string of the molecule is Cc1cnccc1C(=O)Nc1ccc(Cl)cc1. The number of aryl methyl sites for hydroxylation is 1. The predicted octanol–water partition coefficient (Wildman–Crippen LogP) is 3.30. The summed E-state index contributed by atoms with van der Waals surface area (Å²) in [5.41, 5.74) is 2.18. The lowest BCUT2D eigenvalue weighted by Crippen LogP contribution is -2.13. The molecule has 1 aromatic carbocycles. The van der Waals surface area contributed by atoms with Crippen molar-refractivity contribution >= 4 is 23.2 Å². The molecule has 2 rings (SSSR count). The van der Waals surface area contributed by atoms with Crippen LogP contribution >= 0.6 is 11.6 Å². The summed E-state index contributed by atoms with van der Waals surface area (Å²) in [7, 11) is 0. The average molecular weight is 247 g/mol. The van der Waals surface area contributed by atoms with Crippen LogP contribution in [0.15, 0.2) is 42.7 Å². The molecular formula is C13H11ClN2O. The van der Waals surface area contributed by atoms with Crippen LogP contribution in [0.2, 0.25) is 5.02 Å². The molecule has 0 aliphatic rings. The van der Waals surface area contributed by atoms with E-state index >= 15 is 0 Å². The summed E-state index contributed by atoms with van der Waals surface area (Å²) in [4.78, 5) is 15.9. The van der Waals surface area contributed by atoms with Gasteiger partial charge in [0, 0.05) is 28.7 Å². The van der Waals surface area contributed by atoms with Gasteiger partial charge in [0.1, 0.15) is 0 Å². The highest BCUT2D eigenvalue weighted by molar-refractivity contribution is 6.30. The number of benzene rings is 1. The van der Waals surface area contributed by atoms with Gasteiger partial charge in [-0.25, -0.2) is 0 Å². The number of hydrogen-bond donors (Lipinski definition) is 1. The first-order valence-corrected chi connectivity index (χ1v) is 5.52. The van der Waals surface area contributed by atoms with Gasteiger partial charge < -0.3 is 5.32 Å². The van der Waals surface area contributed by atoms with Crippen molar-refractivity contribution in [3.63, 3.8) is 0 Å². The van der Waals surface area contributed by atoms with Crippen LogP contribution in [0.4, 0.5) is 5.69 Å². The topological polar surface area (TPSA) is 42.0 Å². The second kappa shape index (κ2) is 4.97. The molecule has 1 aromatic heterocycles. The van der Waals surface area contributed by atoms with E-state index in [4.69, 9.17) is 11.6 Å². The lowest BCUT2D eigenvalue weighted by atomic mass is 10.1. The summed E-state index contributed by atoms with van der Waals surface area (Å²) < 4.78 is 0. The Bertz CT molecular complexity index is 537. The first-order valence-electron chi connectivity index (χ1n) is 5.14. The number of carbonyl (C=O) groups excluding carboxylic acids is 1. The van der Waals surface area contributed by atoms with Gasteiger partial charge in [0.05, 0.1) is 0 Å². The fourth-order valence-electron chi connectivity index (χ4n) is 1.46. The molecular weight excluding hydrogens is 236 g/mol. The number of pyridine rings is 1. The molecule has 0 aliphatic heterocycles. The molecule has 0 atom stereocenters. The zero-order valence-electron chi connectivity index (χ0n) is 9.27. The molecule has 0 spiro atoms.